The molecule has 4 atom stereocenters. The van der Waals surface area contributed by atoms with Gasteiger partial charge in [0, 0.05) is 11.1 Å². The van der Waals surface area contributed by atoms with Crippen LogP contribution in [0.25, 0.3) is 0 Å². The number of phenols is 1. The third-order valence-corrected chi connectivity index (χ3v) is 7.50. The van der Waals surface area contributed by atoms with E-state index in [1.54, 1.807) is 0 Å². The fourth-order valence-electron chi connectivity index (χ4n) is 6.34. The summed E-state index contributed by atoms with van der Waals surface area (Å²) in [5.74, 6) is 1.96. The molecule has 5 heteroatoms. The van der Waals surface area contributed by atoms with Crippen molar-refractivity contribution in [3.63, 3.8) is 0 Å². The molecule has 1 N–H and O–H groups in total. The Bertz CT molecular complexity index is 918. The second-order valence-electron chi connectivity index (χ2n) is 8.71. The Labute approximate surface area is 159 Å². The molecule has 1 aromatic carbocycles. The van der Waals surface area contributed by atoms with Crippen LogP contribution < -0.4 is 0 Å². The van der Waals surface area contributed by atoms with Gasteiger partial charge in [0.1, 0.15) is 12.3 Å². The number of carbonyl (C=O) groups excluding carboxylic acids is 1. The number of fused-ring (bicyclic) bond motifs is 7. The molecule has 27 heavy (non-hydrogen) atoms. The van der Waals surface area contributed by atoms with Crippen LogP contribution in [-0.2, 0) is 34.3 Å². The molecule has 1 saturated carbocycles. The maximum atomic E-state index is 11.8. The topological polar surface area (TPSA) is 64.4 Å². The molecule has 1 fully saturated rings. The molecule has 0 aliphatic heterocycles. The van der Waals surface area contributed by atoms with Crippen molar-refractivity contribution in [3.8, 4) is 5.75 Å². The van der Waals surface area contributed by atoms with Gasteiger partial charge in [-0.1, -0.05) is 13.0 Å². The zero-order valence-electron chi connectivity index (χ0n) is 15.9. The van der Waals surface area contributed by atoms with Crippen molar-refractivity contribution in [2.24, 2.45) is 11.8 Å². The SMILES string of the molecule is COC(=O)Cn1ncc2c1[C@@]1(C)CCC3c4ccc(O)cc4CCC3C1C2. The Morgan fingerprint density at radius 1 is 1.37 bits per heavy atom. The molecule has 2 aromatic rings. The first kappa shape index (κ1) is 16.8. The van der Waals surface area contributed by atoms with Crippen LogP contribution in [0.3, 0.4) is 0 Å². The summed E-state index contributed by atoms with van der Waals surface area (Å²) < 4.78 is 6.75. The lowest BCUT2D eigenvalue weighted by Crippen LogP contribution is -2.44. The second kappa shape index (κ2) is 5.85. The monoisotopic (exact) mass is 366 g/mol. The molecule has 0 bridgehead atoms. The molecule has 1 aromatic heterocycles. The average Bonchev–Trinajstić information content (AvgIpc) is 3.19. The van der Waals surface area contributed by atoms with Crippen molar-refractivity contribution < 1.29 is 14.6 Å². The highest BCUT2D eigenvalue weighted by Gasteiger charge is 2.54. The minimum absolute atomic E-state index is 0.0788. The van der Waals surface area contributed by atoms with Crippen LogP contribution in [0.1, 0.15) is 54.5 Å². The van der Waals surface area contributed by atoms with Gasteiger partial charge in [-0.15, -0.1) is 0 Å². The fraction of sp³-hybridized carbons (Fsp3) is 0.545. The molecule has 142 valence electrons. The minimum atomic E-state index is -0.243. The number of hydrogen-bond acceptors (Lipinski definition) is 4. The zero-order chi connectivity index (χ0) is 18.8. The number of methoxy groups -OCH3 is 1. The van der Waals surface area contributed by atoms with Gasteiger partial charge >= 0.3 is 5.97 Å². The standard InChI is InChI=1S/C22H26N2O3/c1-22-8-7-17-16-6-4-15(25)9-13(16)3-5-18(17)19(22)10-14-11-23-24(21(14)22)12-20(26)27-2/h4,6,9,11,17-19,25H,3,5,7-8,10,12H2,1-2H3/t17?,18?,19?,22-/m0/s1. The molecule has 0 amide bonds. The van der Waals surface area contributed by atoms with E-state index in [4.69, 9.17) is 4.74 Å². The zero-order valence-corrected chi connectivity index (χ0v) is 15.9. The third-order valence-electron chi connectivity index (χ3n) is 7.50. The number of nitrogens with zero attached hydrogens (tertiary/aromatic N) is 2. The predicted octanol–water partition coefficient (Wildman–Crippen LogP) is 3.33. The van der Waals surface area contributed by atoms with Crippen molar-refractivity contribution in [3.05, 3.63) is 46.8 Å². The van der Waals surface area contributed by atoms with E-state index < -0.39 is 0 Å². The number of benzene rings is 1. The van der Waals surface area contributed by atoms with Gasteiger partial charge in [-0.05, 0) is 78.7 Å². The van der Waals surface area contributed by atoms with Crippen molar-refractivity contribution in [2.75, 3.05) is 7.11 Å². The van der Waals surface area contributed by atoms with Gasteiger partial charge < -0.3 is 9.84 Å². The normalized spacial score (nSPS) is 30.8. The summed E-state index contributed by atoms with van der Waals surface area (Å²) in [6, 6.07) is 5.94. The van der Waals surface area contributed by atoms with Crippen LogP contribution in [0.4, 0.5) is 0 Å². The molecule has 0 radical (unpaired) electrons. The summed E-state index contributed by atoms with van der Waals surface area (Å²) in [7, 11) is 1.43. The number of carbonyl (C=O) groups is 1. The molecule has 5 nitrogen and oxygen atoms in total. The highest BCUT2D eigenvalue weighted by molar-refractivity contribution is 5.69. The maximum Gasteiger partial charge on any atom is 0.327 e. The van der Waals surface area contributed by atoms with Crippen LogP contribution in [0.2, 0.25) is 0 Å². The Hall–Kier alpha value is -2.30. The van der Waals surface area contributed by atoms with Gasteiger partial charge in [0.25, 0.3) is 0 Å². The number of phenolic OH excluding ortho intramolecular Hbond substituents is 1. The molecule has 1 heterocycles. The molecular formula is C22H26N2O3. The molecule has 0 saturated heterocycles. The fourth-order valence-corrected chi connectivity index (χ4v) is 6.34. The van der Waals surface area contributed by atoms with Crippen LogP contribution >= 0.6 is 0 Å². The smallest absolute Gasteiger partial charge is 0.327 e. The van der Waals surface area contributed by atoms with Crippen LogP contribution in [0, 0.1) is 11.8 Å². The van der Waals surface area contributed by atoms with Gasteiger partial charge in [-0.3, -0.25) is 9.48 Å². The van der Waals surface area contributed by atoms with E-state index in [0.29, 0.717) is 23.5 Å². The van der Waals surface area contributed by atoms with E-state index >= 15 is 0 Å². The molecule has 5 rings (SSSR count). The lowest BCUT2D eigenvalue weighted by Gasteiger charge is -2.49. The predicted molar refractivity (Wildman–Crippen MR) is 101 cm³/mol. The van der Waals surface area contributed by atoms with Gasteiger partial charge in [0.15, 0.2) is 0 Å². The quantitative estimate of drug-likeness (QED) is 0.828. The van der Waals surface area contributed by atoms with Crippen LogP contribution in [0.5, 0.6) is 5.75 Å². The van der Waals surface area contributed by atoms with Gasteiger partial charge in [-0.25, -0.2) is 0 Å². The van der Waals surface area contributed by atoms with E-state index in [1.165, 1.54) is 35.9 Å². The summed E-state index contributed by atoms with van der Waals surface area (Å²) >= 11 is 0. The van der Waals surface area contributed by atoms with Crippen molar-refractivity contribution in [1.82, 2.24) is 9.78 Å². The number of aromatic nitrogens is 2. The van der Waals surface area contributed by atoms with Crippen LogP contribution in [-0.4, -0.2) is 28.0 Å². The summed E-state index contributed by atoms with van der Waals surface area (Å²) in [6.07, 6.45) is 7.50. The first-order chi connectivity index (χ1) is 13.0. The van der Waals surface area contributed by atoms with Gasteiger partial charge in [0.2, 0.25) is 0 Å². The Morgan fingerprint density at radius 3 is 3.04 bits per heavy atom. The molecule has 3 aliphatic rings. The maximum absolute atomic E-state index is 11.8. The second-order valence-corrected chi connectivity index (χ2v) is 8.71. The Morgan fingerprint density at radius 2 is 2.22 bits per heavy atom. The molecule has 0 spiro atoms. The van der Waals surface area contributed by atoms with E-state index in [0.717, 1.165) is 25.7 Å². The van der Waals surface area contributed by atoms with Crippen molar-refractivity contribution in [1.29, 1.82) is 0 Å². The lowest BCUT2D eigenvalue weighted by molar-refractivity contribution is -0.141. The number of ether oxygens (including phenoxy) is 1. The third kappa shape index (κ3) is 2.36. The van der Waals surface area contributed by atoms with Gasteiger partial charge in [-0.2, -0.15) is 5.10 Å². The summed E-state index contributed by atoms with van der Waals surface area (Å²) in [6.45, 7) is 2.58. The van der Waals surface area contributed by atoms with Crippen molar-refractivity contribution >= 4 is 5.97 Å². The Balaban J connectivity index is 1.50. The first-order valence-corrected chi connectivity index (χ1v) is 9.95. The van der Waals surface area contributed by atoms with E-state index in [9.17, 15) is 9.90 Å². The number of hydrogen-bond donors (Lipinski definition) is 1. The molecule has 3 aliphatic carbocycles. The molecular weight excluding hydrogens is 340 g/mol. The van der Waals surface area contributed by atoms with E-state index in [2.05, 4.69) is 18.1 Å². The lowest BCUT2D eigenvalue weighted by atomic mass is 9.55. The largest absolute Gasteiger partial charge is 0.508 e. The summed E-state index contributed by atoms with van der Waals surface area (Å²) in [5, 5.41) is 14.3. The highest BCUT2D eigenvalue weighted by Crippen LogP contribution is 2.60. The Kier molecular flexibility index (Phi) is 3.65. The van der Waals surface area contributed by atoms with E-state index in [-0.39, 0.29) is 17.9 Å². The van der Waals surface area contributed by atoms with Crippen LogP contribution in [0.15, 0.2) is 24.4 Å². The number of aromatic hydroxyl groups is 1. The first-order valence-electron chi connectivity index (χ1n) is 9.95. The molecule has 3 unspecified atom stereocenters. The van der Waals surface area contributed by atoms with Crippen molar-refractivity contribution in [2.45, 2.75) is 56.9 Å². The van der Waals surface area contributed by atoms with E-state index in [1.807, 2.05) is 23.0 Å². The number of aryl methyl sites for hydroxylation is 1. The highest BCUT2D eigenvalue weighted by atomic mass is 16.5. The average molecular weight is 366 g/mol. The minimum Gasteiger partial charge on any atom is -0.508 e. The summed E-state index contributed by atoms with van der Waals surface area (Å²) in [4.78, 5) is 11.8. The summed E-state index contributed by atoms with van der Waals surface area (Å²) in [5.41, 5.74) is 5.41. The van der Waals surface area contributed by atoms with Gasteiger partial charge in [0.05, 0.1) is 13.3 Å². The number of esters is 1. The number of rotatable bonds is 2.